The molecule has 4 nitrogen and oxygen atoms in total. The summed E-state index contributed by atoms with van der Waals surface area (Å²) in [5, 5.41) is 12.4. The highest BCUT2D eigenvalue weighted by atomic mass is 16.3. The van der Waals surface area contributed by atoms with Gasteiger partial charge in [-0.3, -0.25) is 4.79 Å². The van der Waals surface area contributed by atoms with Crippen LogP contribution >= 0.6 is 0 Å². The first-order chi connectivity index (χ1) is 5.03. The van der Waals surface area contributed by atoms with Crippen LogP contribution in [0.5, 0.6) is 0 Å². The summed E-state index contributed by atoms with van der Waals surface area (Å²) in [6.45, 7) is 1.07. The second kappa shape index (κ2) is 2.79. The first kappa shape index (κ1) is 8.49. The van der Waals surface area contributed by atoms with E-state index in [2.05, 4.69) is 5.32 Å². The quantitative estimate of drug-likeness (QED) is 0.530. The van der Waals surface area contributed by atoms with E-state index in [0.29, 0.717) is 13.1 Å². The second-order valence-corrected chi connectivity index (χ2v) is 3.29. The maximum atomic E-state index is 11.1. The van der Waals surface area contributed by atoms with Crippen LogP contribution in [0, 0.1) is 0 Å². The smallest absolute Gasteiger partial charge is 0.225 e. The van der Waals surface area contributed by atoms with Gasteiger partial charge in [-0.25, -0.2) is 0 Å². The summed E-state index contributed by atoms with van der Waals surface area (Å²) in [4.78, 5) is 12.6. The molecule has 1 rings (SSSR count). The van der Waals surface area contributed by atoms with Crippen molar-refractivity contribution < 1.29 is 9.90 Å². The molecule has 0 aromatic heterocycles. The van der Waals surface area contributed by atoms with Crippen molar-refractivity contribution in [3.63, 3.8) is 0 Å². The molecule has 64 valence electrons. The van der Waals surface area contributed by atoms with Crippen molar-refractivity contribution in [3.8, 4) is 0 Å². The zero-order valence-corrected chi connectivity index (χ0v) is 6.92. The molecule has 0 aromatic carbocycles. The number of hydrogen-bond acceptors (Lipinski definition) is 3. The number of nitrogens with one attached hydrogen (secondary N) is 1. The molecule has 0 spiro atoms. The number of aliphatic hydroxyl groups is 1. The van der Waals surface area contributed by atoms with E-state index in [1.807, 2.05) is 0 Å². The number of carbonyl (C=O) groups is 1. The lowest BCUT2D eigenvalue weighted by atomic mass is 9.93. The molecule has 0 atom stereocenters. The van der Waals surface area contributed by atoms with E-state index in [1.54, 1.807) is 14.1 Å². The van der Waals surface area contributed by atoms with Crippen molar-refractivity contribution in [2.24, 2.45) is 0 Å². The van der Waals surface area contributed by atoms with Crippen LogP contribution in [-0.2, 0) is 4.79 Å². The molecule has 1 aliphatic heterocycles. The van der Waals surface area contributed by atoms with Crippen LogP contribution in [0.15, 0.2) is 0 Å². The minimum Gasteiger partial charge on any atom is -0.387 e. The lowest BCUT2D eigenvalue weighted by molar-refractivity contribution is -0.136. The molecule has 0 saturated carbocycles. The van der Waals surface area contributed by atoms with Gasteiger partial charge in [-0.2, -0.15) is 0 Å². The first-order valence-electron chi connectivity index (χ1n) is 3.67. The molecule has 1 saturated heterocycles. The SMILES string of the molecule is CN(C)C(=O)CC1(O)CNC1. The normalized spacial score (nSPS) is 20.6. The summed E-state index contributed by atoms with van der Waals surface area (Å²) in [6.07, 6.45) is 0.229. The van der Waals surface area contributed by atoms with E-state index in [9.17, 15) is 9.90 Å². The molecule has 1 amide bonds. The van der Waals surface area contributed by atoms with Crippen LogP contribution in [0.1, 0.15) is 6.42 Å². The van der Waals surface area contributed by atoms with E-state index in [0.717, 1.165) is 0 Å². The Morgan fingerprint density at radius 1 is 1.64 bits per heavy atom. The monoisotopic (exact) mass is 158 g/mol. The maximum absolute atomic E-state index is 11.1. The number of β-amino-alcohol motifs (C(OH)–C–C–N with tert-alkyl or cyclic N) is 1. The molecule has 2 N–H and O–H groups in total. The predicted molar refractivity (Wildman–Crippen MR) is 41.1 cm³/mol. The molecule has 4 heteroatoms. The van der Waals surface area contributed by atoms with Crippen LogP contribution in [0.25, 0.3) is 0 Å². The third-order valence-corrected chi connectivity index (χ3v) is 1.89. The van der Waals surface area contributed by atoms with Crippen LogP contribution in [0.4, 0.5) is 0 Å². The molecule has 1 heterocycles. The standard InChI is InChI=1S/C7H14N2O2/c1-9(2)6(10)3-7(11)4-8-5-7/h8,11H,3-5H2,1-2H3. The summed E-state index contributed by atoms with van der Waals surface area (Å²) in [6, 6.07) is 0. The van der Waals surface area contributed by atoms with Crippen molar-refractivity contribution in [1.29, 1.82) is 0 Å². The van der Waals surface area contributed by atoms with Gasteiger partial charge in [-0.05, 0) is 0 Å². The van der Waals surface area contributed by atoms with Gasteiger partial charge in [0.2, 0.25) is 5.91 Å². The molecule has 0 aliphatic carbocycles. The zero-order chi connectivity index (χ0) is 8.48. The fourth-order valence-electron chi connectivity index (χ4n) is 0.978. The third kappa shape index (κ3) is 1.91. The van der Waals surface area contributed by atoms with Gasteiger partial charge in [0.25, 0.3) is 0 Å². The van der Waals surface area contributed by atoms with Crippen LogP contribution in [0.3, 0.4) is 0 Å². The number of amides is 1. The van der Waals surface area contributed by atoms with Gasteiger partial charge in [-0.15, -0.1) is 0 Å². The van der Waals surface area contributed by atoms with E-state index >= 15 is 0 Å². The van der Waals surface area contributed by atoms with Gasteiger partial charge in [0.1, 0.15) is 0 Å². The Morgan fingerprint density at radius 2 is 2.18 bits per heavy atom. The third-order valence-electron chi connectivity index (χ3n) is 1.89. The summed E-state index contributed by atoms with van der Waals surface area (Å²) < 4.78 is 0. The highest BCUT2D eigenvalue weighted by Crippen LogP contribution is 2.15. The molecular formula is C7H14N2O2. The predicted octanol–water partition coefficient (Wildman–Crippen LogP) is -1.20. The maximum Gasteiger partial charge on any atom is 0.225 e. The molecular weight excluding hydrogens is 144 g/mol. The molecule has 1 aliphatic rings. The van der Waals surface area contributed by atoms with E-state index in [4.69, 9.17) is 0 Å². The molecule has 0 aromatic rings. The Kier molecular flexibility index (Phi) is 2.15. The fraction of sp³-hybridized carbons (Fsp3) is 0.857. The van der Waals surface area contributed by atoms with Gasteiger partial charge in [0.05, 0.1) is 12.0 Å². The van der Waals surface area contributed by atoms with E-state index in [-0.39, 0.29) is 12.3 Å². The molecule has 0 radical (unpaired) electrons. The largest absolute Gasteiger partial charge is 0.387 e. The number of rotatable bonds is 2. The number of carbonyl (C=O) groups excluding carboxylic acids is 1. The number of hydrogen-bond donors (Lipinski definition) is 2. The average molecular weight is 158 g/mol. The minimum absolute atomic E-state index is 0.0194. The van der Waals surface area contributed by atoms with Gasteiger partial charge < -0.3 is 15.3 Å². The van der Waals surface area contributed by atoms with Crippen molar-refractivity contribution in [3.05, 3.63) is 0 Å². The Hall–Kier alpha value is -0.610. The first-order valence-corrected chi connectivity index (χ1v) is 3.67. The average Bonchev–Trinajstić information content (AvgIpc) is 1.84. The lowest BCUT2D eigenvalue weighted by Gasteiger charge is -2.37. The van der Waals surface area contributed by atoms with Crippen molar-refractivity contribution >= 4 is 5.91 Å². The molecule has 0 unspecified atom stereocenters. The summed E-state index contributed by atoms with van der Waals surface area (Å²) in [5.74, 6) is -0.0194. The second-order valence-electron chi connectivity index (χ2n) is 3.29. The van der Waals surface area contributed by atoms with Gasteiger partial charge in [0.15, 0.2) is 0 Å². The van der Waals surface area contributed by atoms with Crippen molar-refractivity contribution in [2.45, 2.75) is 12.0 Å². The van der Waals surface area contributed by atoms with Crippen molar-refractivity contribution in [2.75, 3.05) is 27.2 Å². The van der Waals surface area contributed by atoms with Gasteiger partial charge >= 0.3 is 0 Å². The van der Waals surface area contributed by atoms with Gasteiger partial charge in [-0.1, -0.05) is 0 Å². The van der Waals surface area contributed by atoms with Crippen LogP contribution in [-0.4, -0.2) is 48.7 Å². The van der Waals surface area contributed by atoms with E-state index < -0.39 is 5.60 Å². The highest BCUT2D eigenvalue weighted by molar-refractivity contribution is 5.76. The molecule has 11 heavy (non-hydrogen) atoms. The van der Waals surface area contributed by atoms with E-state index in [1.165, 1.54) is 4.90 Å². The molecule has 0 bridgehead atoms. The van der Waals surface area contributed by atoms with Crippen LogP contribution in [0.2, 0.25) is 0 Å². The number of nitrogens with zero attached hydrogens (tertiary/aromatic N) is 1. The molecule has 1 fully saturated rings. The Morgan fingerprint density at radius 3 is 2.45 bits per heavy atom. The lowest BCUT2D eigenvalue weighted by Crippen LogP contribution is -2.61. The van der Waals surface area contributed by atoms with Crippen molar-refractivity contribution in [1.82, 2.24) is 10.2 Å². The minimum atomic E-state index is -0.776. The fourth-order valence-corrected chi connectivity index (χ4v) is 0.978. The topological polar surface area (TPSA) is 52.6 Å². The van der Waals surface area contributed by atoms with Crippen LogP contribution < -0.4 is 5.32 Å². The summed E-state index contributed by atoms with van der Waals surface area (Å²) in [7, 11) is 3.38. The van der Waals surface area contributed by atoms with Gasteiger partial charge in [0, 0.05) is 27.2 Å². The Bertz CT molecular complexity index is 164. The summed E-state index contributed by atoms with van der Waals surface area (Å²) in [5.41, 5.74) is -0.776. The Labute approximate surface area is 66.2 Å². The highest BCUT2D eigenvalue weighted by Gasteiger charge is 2.36. The Balaban J connectivity index is 2.35. The summed E-state index contributed by atoms with van der Waals surface area (Å²) >= 11 is 0. The zero-order valence-electron chi connectivity index (χ0n) is 6.92.